The second kappa shape index (κ2) is 5.83. The molecule has 2 rings (SSSR count). The van der Waals surface area contributed by atoms with Gasteiger partial charge in [0, 0.05) is 23.2 Å². The van der Waals surface area contributed by atoms with E-state index < -0.39 is 10.1 Å². The predicted octanol–water partition coefficient (Wildman–Crippen LogP) is 1.95. The van der Waals surface area contributed by atoms with E-state index in [1.54, 1.807) is 0 Å². The van der Waals surface area contributed by atoms with Crippen molar-refractivity contribution in [2.24, 2.45) is 0 Å². The maximum absolute atomic E-state index is 10.7. The smallest absolute Gasteiger partial charge is 0.254 e. The second-order valence-corrected chi connectivity index (χ2v) is 7.13. The van der Waals surface area contributed by atoms with Crippen LogP contribution in [-0.4, -0.2) is 23.3 Å². The third-order valence-corrected chi connectivity index (χ3v) is 4.67. The fourth-order valence-corrected chi connectivity index (χ4v) is 3.35. The maximum Gasteiger partial charge on any atom is 0.254 e. The molecule has 0 atom stereocenters. The summed E-state index contributed by atoms with van der Waals surface area (Å²) >= 11 is 3.45. The van der Waals surface area contributed by atoms with Crippen molar-refractivity contribution in [1.82, 2.24) is 4.57 Å². The molecule has 0 amide bonds. The van der Waals surface area contributed by atoms with Crippen molar-refractivity contribution in [3.8, 4) is 0 Å². The van der Waals surface area contributed by atoms with E-state index in [1.807, 2.05) is 25.1 Å². The summed E-state index contributed by atoms with van der Waals surface area (Å²) in [6.45, 7) is 5.44. The van der Waals surface area contributed by atoms with Crippen LogP contribution in [0.5, 0.6) is 0 Å². The molecule has 1 aromatic heterocycles. The number of rotatable bonds is 5. The largest absolute Gasteiger partial charge is 0.748 e. The summed E-state index contributed by atoms with van der Waals surface area (Å²) in [5.74, 6) is 0.732. The third-order valence-electron chi connectivity index (χ3n) is 3.39. The fraction of sp³-hybridized carbons (Fsp3) is 0.462. The van der Waals surface area contributed by atoms with Gasteiger partial charge in [-0.05, 0) is 25.5 Å². The van der Waals surface area contributed by atoms with Crippen molar-refractivity contribution in [2.75, 3.05) is 5.75 Å². The molecule has 0 saturated carbocycles. The summed E-state index contributed by atoms with van der Waals surface area (Å²) in [6.07, 6.45) is 0.326. The molecule has 7 heteroatoms. The Morgan fingerprint density at radius 3 is 2.70 bits per heavy atom. The highest BCUT2D eigenvalue weighted by Gasteiger charge is 2.20. The van der Waals surface area contributed by atoms with Crippen molar-refractivity contribution in [3.05, 3.63) is 28.5 Å². The molecular weight excluding hydrogens is 344 g/mol. The normalized spacial score (nSPS) is 12.2. The molecular formula is C13H17BrN2O3S. The number of nitrogens with zero attached hydrogens (tertiary/aromatic N) is 2. The van der Waals surface area contributed by atoms with Crippen molar-refractivity contribution in [3.63, 3.8) is 0 Å². The molecule has 2 aromatic rings. The molecule has 0 aliphatic heterocycles. The van der Waals surface area contributed by atoms with Gasteiger partial charge in [-0.1, -0.05) is 15.9 Å². The zero-order chi connectivity index (χ0) is 14.9. The molecule has 5 nitrogen and oxygen atoms in total. The molecule has 20 heavy (non-hydrogen) atoms. The van der Waals surface area contributed by atoms with Gasteiger partial charge in [-0.25, -0.2) is 17.6 Å². The van der Waals surface area contributed by atoms with Gasteiger partial charge in [-0.3, -0.25) is 0 Å². The summed E-state index contributed by atoms with van der Waals surface area (Å²) < 4.78 is 37.3. The van der Waals surface area contributed by atoms with Gasteiger partial charge >= 0.3 is 0 Å². The van der Waals surface area contributed by atoms with Gasteiger partial charge < -0.3 is 4.55 Å². The minimum Gasteiger partial charge on any atom is -0.748 e. The lowest BCUT2D eigenvalue weighted by molar-refractivity contribution is -0.675. The average molecular weight is 361 g/mol. The zero-order valence-corrected chi connectivity index (χ0v) is 13.9. The van der Waals surface area contributed by atoms with Crippen LogP contribution in [0.2, 0.25) is 0 Å². The zero-order valence-electron chi connectivity index (χ0n) is 11.5. The van der Waals surface area contributed by atoms with Crippen molar-refractivity contribution >= 4 is 37.1 Å². The molecule has 0 saturated heterocycles. The van der Waals surface area contributed by atoms with Crippen LogP contribution >= 0.6 is 15.9 Å². The number of imidazole rings is 1. The van der Waals surface area contributed by atoms with Crippen molar-refractivity contribution < 1.29 is 17.5 Å². The van der Waals surface area contributed by atoms with Crippen molar-refractivity contribution in [1.29, 1.82) is 0 Å². The van der Waals surface area contributed by atoms with Gasteiger partial charge in [0.2, 0.25) is 0 Å². The van der Waals surface area contributed by atoms with E-state index in [9.17, 15) is 13.0 Å². The summed E-state index contributed by atoms with van der Waals surface area (Å²) in [5, 5.41) is 0. The summed E-state index contributed by atoms with van der Waals surface area (Å²) in [7, 11) is -4.15. The Balaban J connectivity index is 2.41. The molecule has 110 valence electrons. The standard InChI is InChI=1S/C13H17BrN2O3S/c1-3-15-10(2)16(7-4-8-20(17,18)19)13-9-11(14)5-6-12(13)15/h5-6,9H,3-4,7-8H2,1-2H3. The van der Waals surface area contributed by atoms with E-state index in [2.05, 4.69) is 32.0 Å². The lowest BCUT2D eigenvalue weighted by Crippen LogP contribution is -2.35. The highest BCUT2D eigenvalue weighted by atomic mass is 79.9. The lowest BCUT2D eigenvalue weighted by Gasteiger charge is -2.05. The monoisotopic (exact) mass is 360 g/mol. The molecule has 1 aromatic carbocycles. The third kappa shape index (κ3) is 3.21. The summed E-state index contributed by atoms with van der Waals surface area (Å²) in [6, 6.07) is 6.04. The van der Waals surface area contributed by atoms with Crippen LogP contribution in [0.1, 0.15) is 19.2 Å². The number of fused-ring (bicyclic) bond motifs is 1. The van der Waals surface area contributed by atoms with E-state index in [0.717, 1.165) is 27.9 Å². The van der Waals surface area contributed by atoms with E-state index in [0.29, 0.717) is 13.0 Å². The molecule has 0 N–H and O–H groups in total. The van der Waals surface area contributed by atoms with Crippen LogP contribution in [0.3, 0.4) is 0 Å². The van der Waals surface area contributed by atoms with Gasteiger partial charge in [-0.15, -0.1) is 0 Å². The minimum absolute atomic E-state index is 0.326. The second-order valence-electron chi connectivity index (χ2n) is 4.69. The van der Waals surface area contributed by atoms with Gasteiger partial charge in [-0.2, -0.15) is 0 Å². The van der Waals surface area contributed by atoms with Gasteiger partial charge in [0.1, 0.15) is 0 Å². The van der Waals surface area contributed by atoms with E-state index in [4.69, 9.17) is 0 Å². The number of benzene rings is 1. The number of hydrogen-bond donors (Lipinski definition) is 0. The predicted molar refractivity (Wildman–Crippen MR) is 79.4 cm³/mol. The van der Waals surface area contributed by atoms with Crippen molar-refractivity contribution in [2.45, 2.75) is 33.4 Å². The highest BCUT2D eigenvalue weighted by molar-refractivity contribution is 9.10. The van der Waals surface area contributed by atoms with E-state index in [-0.39, 0.29) is 5.75 Å². The Kier molecular flexibility index (Phi) is 4.51. The van der Waals surface area contributed by atoms with Gasteiger partial charge in [0.05, 0.1) is 23.2 Å². The Hall–Kier alpha value is -0.920. The fourth-order valence-electron chi connectivity index (χ4n) is 2.52. The van der Waals surface area contributed by atoms with Crippen LogP contribution in [-0.2, 0) is 23.2 Å². The topological polar surface area (TPSA) is 66.0 Å². The SMILES string of the molecule is CC[n+]1c(C)n(CCCS(=O)(=O)[O-])c2cc(Br)ccc21. The van der Waals surface area contributed by atoms with Crippen LogP contribution in [0.25, 0.3) is 11.0 Å². The molecule has 0 unspecified atom stereocenters. The first-order valence-corrected chi connectivity index (χ1v) is 8.82. The maximum atomic E-state index is 10.7. The first-order valence-electron chi connectivity index (χ1n) is 6.45. The quantitative estimate of drug-likeness (QED) is 0.604. The number of hydrogen-bond acceptors (Lipinski definition) is 3. The Labute approximate surface area is 127 Å². The highest BCUT2D eigenvalue weighted by Crippen LogP contribution is 2.20. The Bertz CT molecular complexity index is 738. The van der Waals surface area contributed by atoms with Crippen LogP contribution in [0, 0.1) is 6.92 Å². The molecule has 0 aliphatic rings. The van der Waals surface area contributed by atoms with Crippen LogP contribution in [0.4, 0.5) is 0 Å². The molecule has 0 bridgehead atoms. The molecule has 0 aliphatic carbocycles. The number of aryl methyl sites for hydroxylation is 2. The Morgan fingerprint density at radius 2 is 2.10 bits per heavy atom. The molecule has 0 spiro atoms. The lowest BCUT2D eigenvalue weighted by atomic mass is 10.3. The first kappa shape index (κ1) is 15.5. The van der Waals surface area contributed by atoms with Crippen LogP contribution in [0.15, 0.2) is 22.7 Å². The summed E-state index contributed by atoms with van der Waals surface area (Å²) in [4.78, 5) is 0. The molecule has 1 heterocycles. The molecule has 0 radical (unpaired) electrons. The molecule has 0 fully saturated rings. The first-order chi connectivity index (χ1) is 9.33. The number of aromatic nitrogens is 2. The van der Waals surface area contributed by atoms with Crippen LogP contribution < -0.4 is 4.57 Å². The summed E-state index contributed by atoms with van der Waals surface area (Å²) in [5.41, 5.74) is 2.15. The van der Waals surface area contributed by atoms with E-state index >= 15 is 0 Å². The Morgan fingerprint density at radius 1 is 1.40 bits per heavy atom. The van der Waals surface area contributed by atoms with Gasteiger partial charge in [0.15, 0.2) is 11.0 Å². The van der Waals surface area contributed by atoms with E-state index in [1.165, 1.54) is 0 Å². The average Bonchev–Trinajstić information content (AvgIpc) is 2.60. The minimum atomic E-state index is -4.15. The number of halogens is 1. The van der Waals surface area contributed by atoms with Gasteiger partial charge in [0.25, 0.3) is 5.82 Å².